The van der Waals surface area contributed by atoms with Crippen LogP contribution in [0.15, 0.2) is 42.5 Å². The first-order chi connectivity index (χ1) is 11.4. The molecular formula is C19H20INO3. The minimum Gasteiger partial charge on any atom is -0.508 e. The maximum atomic E-state index is 9.80. The maximum absolute atomic E-state index is 9.80. The van der Waals surface area contributed by atoms with E-state index in [0.29, 0.717) is 6.79 Å². The Morgan fingerprint density at radius 2 is 2.00 bits per heavy atom. The first-order valence-corrected chi connectivity index (χ1v) is 9.13. The second-order valence-electron chi connectivity index (χ2n) is 6.83. The van der Waals surface area contributed by atoms with Crippen LogP contribution < -0.4 is 5.32 Å². The molecule has 0 saturated carbocycles. The second kappa shape index (κ2) is 5.89. The van der Waals surface area contributed by atoms with Crippen molar-refractivity contribution in [3.8, 4) is 5.75 Å². The number of nitrogens with one attached hydrogen (secondary N) is 1. The SMILES string of the molecule is CC(C)(I)c1ccc2c(c1)C1OCOC1C(c1cccc(O)c1)N2. The van der Waals surface area contributed by atoms with E-state index in [2.05, 4.69) is 60.0 Å². The van der Waals surface area contributed by atoms with E-state index >= 15 is 0 Å². The molecule has 0 aromatic heterocycles. The van der Waals surface area contributed by atoms with Crippen molar-refractivity contribution in [3.05, 3.63) is 59.2 Å². The molecule has 3 atom stereocenters. The van der Waals surface area contributed by atoms with Crippen molar-refractivity contribution in [2.75, 3.05) is 12.1 Å². The van der Waals surface area contributed by atoms with Gasteiger partial charge in [0, 0.05) is 14.7 Å². The number of hydrogen-bond donors (Lipinski definition) is 2. The Balaban J connectivity index is 1.77. The summed E-state index contributed by atoms with van der Waals surface area (Å²) >= 11 is 2.45. The van der Waals surface area contributed by atoms with Crippen LogP contribution in [-0.2, 0) is 12.9 Å². The molecule has 0 bridgehead atoms. The van der Waals surface area contributed by atoms with E-state index in [0.717, 1.165) is 16.8 Å². The highest BCUT2D eigenvalue weighted by atomic mass is 127. The van der Waals surface area contributed by atoms with Gasteiger partial charge in [0.2, 0.25) is 0 Å². The highest BCUT2D eigenvalue weighted by Crippen LogP contribution is 2.47. The number of fused-ring (bicyclic) bond motifs is 3. The fraction of sp³-hybridized carbons (Fsp3) is 0.368. The molecule has 0 aliphatic carbocycles. The van der Waals surface area contributed by atoms with E-state index in [4.69, 9.17) is 9.47 Å². The van der Waals surface area contributed by atoms with E-state index in [9.17, 15) is 5.11 Å². The van der Waals surface area contributed by atoms with Crippen molar-refractivity contribution in [2.24, 2.45) is 0 Å². The molecule has 2 aliphatic heterocycles. The smallest absolute Gasteiger partial charge is 0.148 e. The standard InChI is InChI=1S/C19H20INO3/c1-19(2,20)12-6-7-15-14(9-12)17-18(24-10-23-17)16(21-15)11-4-3-5-13(22)8-11/h3-9,16-18,21-22H,10H2,1-2H3. The zero-order valence-electron chi connectivity index (χ0n) is 13.6. The molecule has 0 radical (unpaired) electrons. The molecule has 2 aliphatic rings. The van der Waals surface area contributed by atoms with Gasteiger partial charge in [-0.15, -0.1) is 0 Å². The van der Waals surface area contributed by atoms with Gasteiger partial charge in [-0.1, -0.05) is 40.8 Å². The highest BCUT2D eigenvalue weighted by Gasteiger charge is 2.43. The fourth-order valence-corrected chi connectivity index (χ4v) is 3.79. The third-order valence-corrected chi connectivity index (χ3v) is 5.34. The number of phenols is 1. The Bertz CT molecular complexity index is 771. The zero-order valence-corrected chi connectivity index (χ0v) is 15.8. The Kier molecular flexibility index (Phi) is 3.97. The lowest BCUT2D eigenvalue weighted by Crippen LogP contribution is -2.34. The molecular weight excluding hydrogens is 417 g/mol. The van der Waals surface area contributed by atoms with Crippen molar-refractivity contribution < 1.29 is 14.6 Å². The van der Waals surface area contributed by atoms with Gasteiger partial charge in [-0.3, -0.25) is 0 Å². The van der Waals surface area contributed by atoms with E-state index in [1.165, 1.54) is 5.56 Å². The van der Waals surface area contributed by atoms with Gasteiger partial charge in [0.25, 0.3) is 0 Å². The summed E-state index contributed by atoms with van der Waals surface area (Å²) in [4.78, 5) is 0. The molecule has 2 aromatic rings. The van der Waals surface area contributed by atoms with Crippen molar-refractivity contribution in [3.63, 3.8) is 0 Å². The number of ether oxygens (including phenoxy) is 2. The minimum absolute atomic E-state index is 0.0458. The molecule has 2 N–H and O–H groups in total. The first-order valence-electron chi connectivity index (χ1n) is 8.05. The zero-order chi connectivity index (χ0) is 16.9. The van der Waals surface area contributed by atoms with E-state index in [1.807, 2.05) is 12.1 Å². The van der Waals surface area contributed by atoms with Gasteiger partial charge in [-0.2, -0.15) is 0 Å². The van der Waals surface area contributed by atoms with Crippen LogP contribution in [0.2, 0.25) is 0 Å². The molecule has 4 rings (SSSR count). The summed E-state index contributed by atoms with van der Waals surface area (Å²) in [6, 6.07) is 13.8. The third-order valence-electron chi connectivity index (χ3n) is 4.72. The largest absolute Gasteiger partial charge is 0.508 e. The molecule has 5 heteroatoms. The third kappa shape index (κ3) is 2.78. The molecule has 4 nitrogen and oxygen atoms in total. The Labute approximate surface area is 155 Å². The summed E-state index contributed by atoms with van der Waals surface area (Å²) in [5, 5.41) is 13.4. The molecule has 126 valence electrons. The van der Waals surface area contributed by atoms with Gasteiger partial charge in [0.1, 0.15) is 24.8 Å². The Morgan fingerprint density at radius 3 is 2.75 bits per heavy atom. The van der Waals surface area contributed by atoms with Crippen LogP contribution >= 0.6 is 22.6 Å². The van der Waals surface area contributed by atoms with Gasteiger partial charge in [-0.25, -0.2) is 0 Å². The van der Waals surface area contributed by atoms with Crippen LogP contribution in [0.1, 0.15) is 42.7 Å². The molecule has 1 fully saturated rings. The topological polar surface area (TPSA) is 50.7 Å². The van der Waals surface area contributed by atoms with Gasteiger partial charge >= 0.3 is 0 Å². The van der Waals surface area contributed by atoms with Crippen molar-refractivity contribution >= 4 is 28.3 Å². The van der Waals surface area contributed by atoms with Crippen molar-refractivity contribution in [2.45, 2.75) is 35.5 Å². The summed E-state index contributed by atoms with van der Waals surface area (Å²) in [6.45, 7) is 4.69. The first kappa shape index (κ1) is 16.2. The van der Waals surface area contributed by atoms with E-state index in [1.54, 1.807) is 12.1 Å². The van der Waals surface area contributed by atoms with E-state index in [-0.39, 0.29) is 27.4 Å². The monoisotopic (exact) mass is 437 g/mol. The molecule has 2 aromatic carbocycles. The van der Waals surface area contributed by atoms with Crippen LogP contribution in [-0.4, -0.2) is 18.0 Å². The molecule has 1 saturated heterocycles. The summed E-state index contributed by atoms with van der Waals surface area (Å²) in [7, 11) is 0. The summed E-state index contributed by atoms with van der Waals surface area (Å²) < 4.78 is 11.8. The number of anilines is 1. The summed E-state index contributed by atoms with van der Waals surface area (Å²) in [5.74, 6) is 0.262. The predicted molar refractivity (Wildman–Crippen MR) is 102 cm³/mol. The predicted octanol–water partition coefficient (Wildman–Crippen LogP) is 4.64. The Morgan fingerprint density at radius 1 is 1.17 bits per heavy atom. The second-order valence-corrected chi connectivity index (χ2v) is 9.52. The van der Waals surface area contributed by atoms with Gasteiger partial charge in [-0.05, 0) is 49.2 Å². The number of benzene rings is 2. The number of halogens is 1. The van der Waals surface area contributed by atoms with Crippen molar-refractivity contribution in [1.29, 1.82) is 0 Å². The van der Waals surface area contributed by atoms with Gasteiger partial charge in [0.15, 0.2) is 0 Å². The highest BCUT2D eigenvalue weighted by molar-refractivity contribution is 14.1. The normalized spacial score (nSPS) is 25.7. The average Bonchev–Trinajstić information content (AvgIpc) is 3.02. The number of aromatic hydroxyl groups is 1. The van der Waals surface area contributed by atoms with Crippen LogP contribution in [0, 0.1) is 0 Å². The fourth-order valence-electron chi connectivity index (χ4n) is 3.45. The molecule has 0 spiro atoms. The van der Waals surface area contributed by atoms with Crippen LogP contribution in [0.3, 0.4) is 0 Å². The van der Waals surface area contributed by atoms with Crippen LogP contribution in [0.5, 0.6) is 5.75 Å². The van der Waals surface area contributed by atoms with E-state index < -0.39 is 0 Å². The number of phenolic OH excluding ortho intramolecular Hbond substituents is 1. The Hall–Kier alpha value is -1.31. The molecule has 2 heterocycles. The maximum Gasteiger partial charge on any atom is 0.148 e. The summed E-state index contributed by atoms with van der Waals surface area (Å²) in [6.07, 6.45) is -0.195. The number of alkyl halides is 1. The molecule has 0 amide bonds. The molecule has 3 unspecified atom stereocenters. The lowest BCUT2D eigenvalue weighted by molar-refractivity contribution is 0.0367. The lowest BCUT2D eigenvalue weighted by atomic mass is 9.86. The van der Waals surface area contributed by atoms with Gasteiger partial charge < -0.3 is 19.9 Å². The minimum atomic E-state index is -0.105. The average molecular weight is 437 g/mol. The summed E-state index contributed by atoms with van der Waals surface area (Å²) in [5.41, 5.74) is 4.49. The quantitative estimate of drug-likeness (QED) is 0.531. The van der Waals surface area contributed by atoms with Crippen LogP contribution in [0.25, 0.3) is 0 Å². The van der Waals surface area contributed by atoms with Crippen LogP contribution in [0.4, 0.5) is 5.69 Å². The van der Waals surface area contributed by atoms with Crippen molar-refractivity contribution in [1.82, 2.24) is 0 Å². The van der Waals surface area contributed by atoms with Gasteiger partial charge in [0.05, 0.1) is 6.04 Å². The lowest BCUT2D eigenvalue weighted by Gasteiger charge is -2.36. The number of hydrogen-bond acceptors (Lipinski definition) is 4. The number of rotatable bonds is 2. The molecule has 24 heavy (non-hydrogen) atoms.